The standard InChI is InChI=1S/C16H17BrN2O/c1-2-3-11-4-7-13(8-5-11)19-16(20)12-6-9-15(18)14(17)10-12/h4-10H,2-3,18H2,1H3,(H,19,20). The molecule has 3 nitrogen and oxygen atoms in total. The van der Waals surface area contributed by atoms with E-state index < -0.39 is 0 Å². The molecule has 0 unspecified atom stereocenters. The number of benzene rings is 2. The van der Waals surface area contributed by atoms with Gasteiger partial charge in [0.15, 0.2) is 0 Å². The Hall–Kier alpha value is -1.81. The lowest BCUT2D eigenvalue weighted by Crippen LogP contribution is -2.12. The zero-order valence-corrected chi connectivity index (χ0v) is 12.9. The Morgan fingerprint density at radius 3 is 2.50 bits per heavy atom. The van der Waals surface area contributed by atoms with Crippen molar-refractivity contribution in [2.24, 2.45) is 0 Å². The molecule has 1 amide bonds. The second-order valence-corrected chi connectivity index (χ2v) is 5.49. The number of hydrogen-bond donors (Lipinski definition) is 2. The summed E-state index contributed by atoms with van der Waals surface area (Å²) in [6.45, 7) is 2.15. The van der Waals surface area contributed by atoms with Crippen LogP contribution in [-0.4, -0.2) is 5.91 Å². The summed E-state index contributed by atoms with van der Waals surface area (Å²) in [6, 6.07) is 13.1. The normalized spacial score (nSPS) is 10.3. The number of rotatable bonds is 4. The molecule has 2 aromatic carbocycles. The summed E-state index contributed by atoms with van der Waals surface area (Å²) >= 11 is 3.32. The van der Waals surface area contributed by atoms with Gasteiger partial charge in [-0.25, -0.2) is 0 Å². The van der Waals surface area contributed by atoms with Crippen molar-refractivity contribution in [1.82, 2.24) is 0 Å². The monoisotopic (exact) mass is 332 g/mol. The van der Waals surface area contributed by atoms with Gasteiger partial charge in [0.1, 0.15) is 0 Å². The van der Waals surface area contributed by atoms with Gasteiger partial charge in [0.25, 0.3) is 5.91 Å². The number of anilines is 2. The quantitative estimate of drug-likeness (QED) is 0.823. The van der Waals surface area contributed by atoms with Gasteiger partial charge in [0.2, 0.25) is 0 Å². The number of aryl methyl sites for hydroxylation is 1. The Morgan fingerprint density at radius 1 is 1.20 bits per heavy atom. The van der Waals surface area contributed by atoms with Gasteiger partial charge in [-0.1, -0.05) is 25.5 Å². The first-order chi connectivity index (χ1) is 9.60. The van der Waals surface area contributed by atoms with Crippen molar-refractivity contribution in [1.29, 1.82) is 0 Å². The molecule has 0 aliphatic carbocycles. The second kappa shape index (κ2) is 6.57. The number of halogens is 1. The molecule has 0 saturated carbocycles. The predicted molar refractivity (Wildman–Crippen MR) is 86.9 cm³/mol. The lowest BCUT2D eigenvalue weighted by Gasteiger charge is -2.07. The molecular weight excluding hydrogens is 316 g/mol. The summed E-state index contributed by atoms with van der Waals surface area (Å²) in [6.07, 6.45) is 2.17. The number of amides is 1. The fraction of sp³-hybridized carbons (Fsp3) is 0.188. The maximum absolute atomic E-state index is 12.1. The van der Waals surface area contributed by atoms with Crippen LogP contribution >= 0.6 is 15.9 Å². The molecule has 104 valence electrons. The SMILES string of the molecule is CCCc1ccc(NC(=O)c2ccc(N)c(Br)c2)cc1. The zero-order valence-electron chi connectivity index (χ0n) is 11.3. The molecule has 0 aliphatic heterocycles. The number of carbonyl (C=O) groups excluding carboxylic acids is 1. The van der Waals surface area contributed by atoms with E-state index in [1.807, 2.05) is 24.3 Å². The van der Waals surface area contributed by atoms with E-state index in [2.05, 4.69) is 28.2 Å². The molecule has 0 aliphatic rings. The Kier molecular flexibility index (Phi) is 4.79. The molecule has 0 fully saturated rings. The van der Waals surface area contributed by atoms with Crippen LogP contribution in [0.25, 0.3) is 0 Å². The number of carbonyl (C=O) groups is 1. The van der Waals surface area contributed by atoms with Crippen LogP contribution in [0.5, 0.6) is 0 Å². The van der Waals surface area contributed by atoms with E-state index in [0.29, 0.717) is 11.3 Å². The summed E-state index contributed by atoms with van der Waals surface area (Å²) in [5.74, 6) is -0.144. The molecule has 20 heavy (non-hydrogen) atoms. The molecule has 0 bridgehead atoms. The van der Waals surface area contributed by atoms with E-state index in [-0.39, 0.29) is 5.91 Å². The molecule has 3 N–H and O–H groups in total. The fourth-order valence-corrected chi connectivity index (χ4v) is 2.29. The Labute approximate surface area is 127 Å². The first-order valence-corrected chi connectivity index (χ1v) is 7.34. The third-order valence-electron chi connectivity index (χ3n) is 3.01. The molecule has 0 atom stereocenters. The number of hydrogen-bond acceptors (Lipinski definition) is 2. The highest BCUT2D eigenvalue weighted by molar-refractivity contribution is 9.10. The molecule has 2 aromatic rings. The third kappa shape index (κ3) is 3.61. The largest absolute Gasteiger partial charge is 0.398 e. The lowest BCUT2D eigenvalue weighted by molar-refractivity contribution is 0.102. The van der Waals surface area contributed by atoms with Crippen molar-refractivity contribution in [2.75, 3.05) is 11.1 Å². The predicted octanol–water partition coefficient (Wildman–Crippen LogP) is 4.24. The van der Waals surface area contributed by atoms with Crippen molar-refractivity contribution in [2.45, 2.75) is 19.8 Å². The van der Waals surface area contributed by atoms with Crippen LogP contribution in [-0.2, 0) is 6.42 Å². The molecular formula is C16H17BrN2O. The van der Waals surface area contributed by atoms with Crippen LogP contribution in [0.1, 0.15) is 29.3 Å². The summed E-state index contributed by atoms with van der Waals surface area (Å²) < 4.78 is 0.725. The van der Waals surface area contributed by atoms with Crippen molar-refractivity contribution < 1.29 is 4.79 Å². The van der Waals surface area contributed by atoms with Gasteiger partial charge in [-0.3, -0.25) is 4.79 Å². The van der Waals surface area contributed by atoms with Crippen LogP contribution in [0.4, 0.5) is 11.4 Å². The first-order valence-electron chi connectivity index (χ1n) is 6.55. The molecule has 0 radical (unpaired) electrons. The summed E-state index contributed by atoms with van der Waals surface area (Å²) in [5.41, 5.74) is 8.97. The zero-order chi connectivity index (χ0) is 14.5. The van der Waals surface area contributed by atoms with Crippen molar-refractivity contribution in [3.63, 3.8) is 0 Å². The highest BCUT2D eigenvalue weighted by atomic mass is 79.9. The van der Waals surface area contributed by atoms with Gasteiger partial charge >= 0.3 is 0 Å². The van der Waals surface area contributed by atoms with E-state index in [9.17, 15) is 4.79 Å². The molecule has 0 heterocycles. The maximum atomic E-state index is 12.1. The van der Waals surface area contributed by atoms with Crippen molar-refractivity contribution in [3.8, 4) is 0 Å². The van der Waals surface area contributed by atoms with Gasteiger partial charge in [-0.05, 0) is 58.2 Å². The van der Waals surface area contributed by atoms with Gasteiger partial charge in [0.05, 0.1) is 0 Å². The van der Waals surface area contributed by atoms with E-state index in [0.717, 1.165) is 23.0 Å². The molecule has 0 aromatic heterocycles. The van der Waals surface area contributed by atoms with Gasteiger partial charge in [0, 0.05) is 21.4 Å². The van der Waals surface area contributed by atoms with Crippen molar-refractivity contribution in [3.05, 3.63) is 58.1 Å². The Balaban J connectivity index is 2.08. The highest BCUT2D eigenvalue weighted by Crippen LogP contribution is 2.21. The van der Waals surface area contributed by atoms with E-state index >= 15 is 0 Å². The van der Waals surface area contributed by atoms with Crippen LogP contribution in [0, 0.1) is 0 Å². The van der Waals surface area contributed by atoms with Gasteiger partial charge in [-0.2, -0.15) is 0 Å². The molecule has 0 saturated heterocycles. The Morgan fingerprint density at radius 2 is 1.90 bits per heavy atom. The minimum Gasteiger partial charge on any atom is -0.398 e. The van der Waals surface area contributed by atoms with Gasteiger partial charge < -0.3 is 11.1 Å². The third-order valence-corrected chi connectivity index (χ3v) is 3.70. The fourth-order valence-electron chi connectivity index (χ4n) is 1.92. The Bertz CT molecular complexity index is 608. The van der Waals surface area contributed by atoms with E-state index in [4.69, 9.17) is 5.73 Å². The molecule has 2 rings (SSSR count). The van der Waals surface area contributed by atoms with Gasteiger partial charge in [-0.15, -0.1) is 0 Å². The summed E-state index contributed by atoms with van der Waals surface area (Å²) in [5, 5.41) is 2.87. The smallest absolute Gasteiger partial charge is 0.255 e. The van der Waals surface area contributed by atoms with E-state index in [1.54, 1.807) is 18.2 Å². The average molecular weight is 333 g/mol. The minimum atomic E-state index is -0.144. The highest BCUT2D eigenvalue weighted by Gasteiger charge is 2.07. The van der Waals surface area contributed by atoms with Crippen LogP contribution in [0.3, 0.4) is 0 Å². The number of nitrogens with two attached hydrogens (primary N) is 1. The number of nitrogens with one attached hydrogen (secondary N) is 1. The topological polar surface area (TPSA) is 55.1 Å². The van der Waals surface area contributed by atoms with Crippen molar-refractivity contribution >= 4 is 33.2 Å². The molecule has 4 heteroatoms. The van der Waals surface area contributed by atoms with Crippen LogP contribution < -0.4 is 11.1 Å². The maximum Gasteiger partial charge on any atom is 0.255 e. The summed E-state index contributed by atoms with van der Waals surface area (Å²) in [7, 11) is 0. The second-order valence-electron chi connectivity index (χ2n) is 4.64. The first kappa shape index (κ1) is 14.6. The molecule has 0 spiro atoms. The van der Waals surface area contributed by atoms with Crippen LogP contribution in [0.15, 0.2) is 46.9 Å². The average Bonchev–Trinajstić information content (AvgIpc) is 2.44. The number of nitrogen functional groups attached to an aromatic ring is 1. The van der Waals surface area contributed by atoms with Crippen LogP contribution in [0.2, 0.25) is 0 Å². The lowest BCUT2D eigenvalue weighted by atomic mass is 10.1. The minimum absolute atomic E-state index is 0.144. The summed E-state index contributed by atoms with van der Waals surface area (Å²) in [4.78, 5) is 12.1. The van der Waals surface area contributed by atoms with E-state index in [1.165, 1.54) is 5.56 Å².